The predicted octanol–water partition coefficient (Wildman–Crippen LogP) is -0.375. The Morgan fingerprint density at radius 3 is 2.39 bits per heavy atom. The number of aliphatic hydroxyl groups is 3. The van der Waals surface area contributed by atoms with Crippen LogP contribution in [0.3, 0.4) is 0 Å². The van der Waals surface area contributed by atoms with Crippen molar-refractivity contribution in [3.8, 4) is 5.75 Å². The van der Waals surface area contributed by atoms with Gasteiger partial charge in [-0.25, -0.2) is 4.79 Å². The molecule has 0 radical (unpaired) electrons. The second-order valence-corrected chi connectivity index (χ2v) is 3.55. The molecule has 0 aliphatic heterocycles. The maximum Gasteiger partial charge on any atom is 0.337 e. The summed E-state index contributed by atoms with van der Waals surface area (Å²) in [6, 6.07) is 6.17. The van der Waals surface area contributed by atoms with E-state index in [4.69, 9.17) is 9.84 Å². The fourth-order valence-corrected chi connectivity index (χ4v) is 1.36. The first-order chi connectivity index (χ1) is 8.60. The minimum Gasteiger partial charge on any atom is -0.491 e. The normalized spacial score (nSPS) is 13.8. The molecule has 0 bridgehead atoms. The highest BCUT2D eigenvalue weighted by atomic mass is 16.5. The minimum atomic E-state index is -1.63. The van der Waals surface area contributed by atoms with Crippen LogP contribution in [0.1, 0.15) is 11.7 Å². The Morgan fingerprint density at radius 1 is 1.28 bits per heavy atom. The molecule has 0 aliphatic carbocycles. The Labute approximate surface area is 104 Å². The molecular weight excluding hydrogens is 240 g/mol. The van der Waals surface area contributed by atoms with Crippen LogP contribution in [0.5, 0.6) is 5.75 Å². The van der Waals surface area contributed by atoms with Crippen molar-refractivity contribution >= 4 is 5.97 Å². The van der Waals surface area contributed by atoms with Crippen molar-refractivity contribution in [2.75, 3.05) is 20.3 Å². The van der Waals surface area contributed by atoms with Gasteiger partial charge in [-0.15, -0.1) is 0 Å². The van der Waals surface area contributed by atoms with Crippen molar-refractivity contribution in [1.82, 2.24) is 0 Å². The van der Waals surface area contributed by atoms with E-state index in [-0.39, 0.29) is 13.2 Å². The lowest BCUT2D eigenvalue weighted by Crippen LogP contribution is -2.28. The number of carbonyl (C=O) groups is 1. The average Bonchev–Trinajstić information content (AvgIpc) is 2.43. The molecule has 0 spiro atoms. The third-order valence-electron chi connectivity index (χ3n) is 2.32. The molecule has 6 heteroatoms. The maximum absolute atomic E-state index is 11.1. The summed E-state index contributed by atoms with van der Waals surface area (Å²) >= 11 is 0. The SMILES string of the molecule is COC(=O)C(O)C(O)c1ccc(OCCO)cc1. The molecule has 0 saturated heterocycles. The molecule has 0 aliphatic rings. The zero-order valence-electron chi connectivity index (χ0n) is 9.94. The molecule has 1 rings (SSSR count). The van der Waals surface area contributed by atoms with Gasteiger partial charge in [0.05, 0.1) is 13.7 Å². The van der Waals surface area contributed by atoms with Crippen LogP contribution >= 0.6 is 0 Å². The van der Waals surface area contributed by atoms with Crippen LogP contribution in [0.15, 0.2) is 24.3 Å². The summed E-state index contributed by atoms with van der Waals surface area (Å²) in [4.78, 5) is 11.1. The molecule has 0 saturated carbocycles. The van der Waals surface area contributed by atoms with E-state index < -0.39 is 18.2 Å². The van der Waals surface area contributed by atoms with E-state index in [1.54, 1.807) is 12.1 Å². The summed E-state index contributed by atoms with van der Waals surface area (Å²) in [5.74, 6) is -0.379. The van der Waals surface area contributed by atoms with Gasteiger partial charge in [-0.2, -0.15) is 0 Å². The highest BCUT2D eigenvalue weighted by Gasteiger charge is 2.26. The summed E-state index contributed by atoms with van der Waals surface area (Å²) in [6.45, 7) is 0.0815. The number of ether oxygens (including phenoxy) is 2. The van der Waals surface area contributed by atoms with Crippen LogP contribution in [-0.2, 0) is 9.53 Å². The van der Waals surface area contributed by atoms with Crippen molar-refractivity contribution in [3.63, 3.8) is 0 Å². The number of hydrogen-bond acceptors (Lipinski definition) is 6. The number of hydrogen-bond donors (Lipinski definition) is 3. The number of aliphatic hydroxyl groups excluding tert-OH is 3. The van der Waals surface area contributed by atoms with Gasteiger partial charge in [-0.1, -0.05) is 12.1 Å². The summed E-state index contributed by atoms with van der Waals surface area (Å²) in [5, 5.41) is 27.8. The molecule has 1 aromatic rings. The zero-order valence-corrected chi connectivity index (χ0v) is 9.94. The summed E-state index contributed by atoms with van der Waals surface area (Å²) in [6.07, 6.45) is -2.98. The van der Waals surface area contributed by atoms with Crippen molar-refractivity contribution in [1.29, 1.82) is 0 Å². The Bertz CT molecular complexity index is 375. The monoisotopic (exact) mass is 256 g/mol. The topological polar surface area (TPSA) is 96.2 Å². The first-order valence-electron chi connectivity index (χ1n) is 5.37. The number of carbonyl (C=O) groups excluding carboxylic acids is 1. The first kappa shape index (κ1) is 14.4. The molecule has 18 heavy (non-hydrogen) atoms. The number of benzene rings is 1. The molecule has 6 nitrogen and oxygen atoms in total. The molecule has 1 aromatic carbocycles. The lowest BCUT2D eigenvalue weighted by Gasteiger charge is -2.16. The lowest BCUT2D eigenvalue weighted by molar-refractivity contribution is -0.156. The van der Waals surface area contributed by atoms with E-state index in [0.29, 0.717) is 11.3 Å². The minimum absolute atomic E-state index is 0.0918. The molecule has 0 fully saturated rings. The van der Waals surface area contributed by atoms with Crippen molar-refractivity contribution < 1.29 is 29.6 Å². The van der Waals surface area contributed by atoms with E-state index >= 15 is 0 Å². The average molecular weight is 256 g/mol. The third kappa shape index (κ3) is 3.69. The molecule has 100 valence electrons. The summed E-state index contributed by atoms with van der Waals surface area (Å²) in [7, 11) is 1.13. The second kappa shape index (κ2) is 6.95. The van der Waals surface area contributed by atoms with Crippen LogP contribution < -0.4 is 4.74 Å². The smallest absolute Gasteiger partial charge is 0.337 e. The molecule has 0 aromatic heterocycles. The second-order valence-electron chi connectivity index (χ2n) is 3.55. The highest BCUT2D eigenvalue weighted by molar-refractivity contribution is 5.75. The Morgan fingerprint density at radius 2 is 1.89 bits per heavy atom. The predicted molar refractivity (Wildman–Crippen MR) is 62.0 cm³/mol. The first-order valence-corrected chi connectivity index (χ1v) is 5.37. The number of esters is 1. The fraction of sp³-hybridized carbons (Fsp3) is 0.417. The quantitative estimate of drug-likeness (QED) is 0.601. The summed E-state index contributed by atoms with van der Waals surface area (Å²) < 4.78 is 9.46. The molecule has 0 heterocycles. The third-order valence-corrected chi connectivity index (χ3v) is 2.32. The summed E-state index contributed by atoms with van der Waals surface area (Å²) in [5.41, 5.74) is 0.365. The van der Waals surface area contributed by atoms with E-state index in [1.807, 2.05) is 0 Å². The van der Waals surface area contributed by atoms with Gasteiger partial charge < -0.3 is 24.8 Å². The number of rotatable bonds is 6. The van der Waals surface area contributed by atoms with Crippen LogP contribution in [0, 0.1) is 0 Å². The van der Waals surface area contributed by atoms with Gasteiger partial charge in [-0.05, 0) is 17.7 Å². The highest BCUT2D eigenvalue weighted by Crippen LogP contribution is 2.21. The Kier molecular flexibility index (Phi) is 5.57. The standard InChI is InChI=1S/C12H16O6/c1-17-12(16)11(15)10(14)8-2-4-9(5-3-8)18-7-6-13/h2-5,10-11,13-15H,6-7H2,1H3. The molecule has 2 unspecified atom stereocenters. The van der Waals surface area contributed by atoms with E-state index in [2.05, 4.69) is 4.74 Å². The van der Waals surface area contributed by atoms with Gasteiger partial charge in [0.25, 0.3) is 0 Å². The largest absolute Gasteiger partial charge is 0.491 e. The van der Waals surface area contributed by atoms with Crippen LogP contribution in [-0.4, -0.2) is 47.7 Å². The molecule has 3 N–H and O–H groups in total. The van der Waals surface area contributed by atoms with Crippen LogP contribution in [0.2, 0.25) is 0 Å². The van der Waals surface area contributed by atoms with Crippen molar-refractivity contribution in [2.24, 2.45) is 0 Å². The number of methoxy groups -OCH3 is 1. The van der Waals surface area contributed by atoms with Gasteiger partial charge in [-0.3, -0.25) is 0 Å². The maximum atomic E-state index is 11.1. The molecule has 0 amide bonds. The van der Waals surface area contributed by atoms with Gasteiger partial charge in [0.15, 0.2) is 6.10 Å². The fourth-order valence-electron chi connectivity index (χ4n) is 1.36. The Balaban J connectivity index is 2.69. The van der Waals surface area contributed by atoms with E-state index in [0.717, 1.165) is 7.11 Å². The van der Waals surface area contributed by atoms with Crippen molar-refractivity contribution in [2.45, 2.75) is 12.2 Å². The lowest BCUT2D eigenvalue weighted by atomic mass is 10.0. The van der Waals surface area contributed by atoms with Crippen molar-refractivity contribution in [3.05, 3.63) is 29.8 Å². The van der Waals surface area contributed by atoms with Crippen LogP contribution in [0.25, 0.3) is 0 Å². The van der Waals surface area contributed by atoms with Gasteiger partial charge in [0.1, 0.15) is 18.5 Å². The molecule has 2 atom stereocenters. The zero-order chi connectivity index (χ0) is 13.5. The van der Waals surface area contributed by atoms with Gasteiger partial charge in [0.2, 0.25) is 0 Å². The Hall–Kier alpha value is -1.63. The van der Waals surface area contributed by atoms with Gasteiger partial charge in [0, 0.05) is 0 Å². The van der Waals surface area contributed by atoms with Crippen LogP contribution in [0.4, 0.5) is 0 Å². The van der Waals surface area contributed by atoms with E-state index in [9.17, 15) is 15.0 Å². The molecular formula is C12H16O6. The van der Waals surface area contributed by atoms with E-state index in [1.165, 1.54) is 12.1 Å². The van der Waals surface area contributed by atoms with Gasteiger partial charge >= 0.3 is 5.97 Å².